The van der Waals surface area contributed by atoms with Crippen molar-refractivity contribution < 1.29 is 4.79 Å². The van der Waals surface area contributed by atoms with Gasteiger partial charge in [-0.3, -0.25) is 4.79 Å². The van der Waals surface area contributed by atoms with E-state index >= 15 is 0 Å². The van der Waals surface area contributed by atoms with E-state index in [-0.39, 0.29) is 5.91 Å². The molecule has 4 nitrogen and oxygen atoms in total. The Labute approximate surface area is 84.8 Å². The lowest BCUT2D eigenvalue weighted by Gasteiger charge is -1.89. The molecule has 1 aromatic carbocycles. The largest absolute Gasteiger partial charge is 0.399 e. The Kier molecular flexibility index (Phi) is 2.09. The fraction of sp³-hybridized carbons (Fsp3) is 0.111. The minimum atomic E-state index is -0.162. The number of thiazole rings is 1. The van der Waals surface area contributed by atoms with Crippen LogP contribution in [0.25, 0.3) is 10.2 Å². The third-order valence-electron chi connectivity index (χ3n) is 1.83. The van der Waals surface area contributed by atoms with Gasteiger partial charge in [0.15, 0.2) is 5.01 Å². The van der Waals surface area contributed by atoms with Crippen LogP contribution >= 0.6 is 11.3 Å². The number of nitrogens with zero attached hydrogens (tertiary/aromatic N) is 1. The lowest BCUT2D eigenvalue weighted by Crippen LogP contribution is -2.17. The number of rotatable bonds is 1. The summed E-state index contributed by atoms with van der Waals surface area (Å²) in [5.74, 6) is -0.162. The molecule has 2 aromatic rings. The number of benzene rings is 1. The summed E-state index contributed by atoms with van der Waals surface area (Å²) in [7, 11) is 1.59. The van der Waals surface area contributed by atoms with Crippen molar-refractivity contribution in [2.24, 2.45) is 0 Å². The molecule has 72 valence electrons. The van der Waals surface area contributed by atoms with Gasteiger partial charge in [-0.2, -0.15) is 0 Å². The van der Waals surface area contributed by atoms with Gasteiger partial charge in [0, 0.05) is 12.7 Å². The molecule has 0 aliphatic heterocycles. The zero-order valence-corrected chi connectivity index (χ0v) is 8.39. The Hall–Kier alpha value is -1.62. The van der Waals surface area contributed by atoms with Crippen LogP contribution < -0.4 is 11.1 Å². The molecule has 1 heterocycles. The molecule has 5 heteroatoms. The number of hydrogen-bond donors (Lipinski definition) is 2. The van der Waals surface area contributed by atoms with Gasteiger partial charge in [-0.05, 0) is 18.2 Å². The van der Waals surface area contributed by atoms with Crippen LogP contribution in [0.5, 0.6) is 0 Å². The summed E-state index contributed by atoms with van der Waals surface area (Å²) in [5.41, 5.74) is 7.11. The first kappa shape index (κ1) is 8.96. The zero-order valence-electron chi connectivity index (χ0n) is 7.57. The highest BCUT2D eigenvalue weighted by molar-refractivity contribution is 7.20. The topological polar surface area (TPSA) is 68.0 Å². The first-order valence-electron chi connectivity index (χ1n) is 4.09. The highest BCUT2D eigenvalue weighted by Gasteiger charge is 2.09. The third-order valence-corrected chi connectivity index (χ3v) is 2.85. The van der Waals surface area contributed by atoms with Gasteiger partial charge in [0.05, 0.1) is 10.2 Å². The fourth-order valence-electron chi connectivity index (χ4n) is 1.15. The second kappa shape index (κ2) is 3.26. The molecule has 2 rings (SSSR count). The third kappa shape index (κ3) is 1.42. The van der Waals surface area contributed by atoms with Crippen LogP contribution in [0.2, 0.25) is 0 Å². The van der Waals surface area contributed by atoms with Gasteiger partial charge in [0.25, 0.3) is 5.91 Å². The van der Waals surface area contributed by atoms with E-state index in [1.54, 1.807) is 13.1 Å². The van der Waals surface area contributed by atoms with Gasteiger partial charge >= 0.3 is 0 Å². The van der Waals surface area contributed by atoms with E-state index in [9.17, 15) is 4.79 Å². The molecule has 0 unspecified atom stereocenters. The minimum Gasteiger partial charge on any atom is -0.399 e. The summed E-state index contributed by atoms with van der Waals surface area (Å²) in [6.07, 6.45) is 0. The molecule has 14 heavy (non-hydrogen) atoms. The van der Waals surface area contributed by atoms with Crippen molar-refractivity contribution in [1.82, 2.24) is 10.3 Å². The first-order valence-corrected chi connectivity index (χ1v) is 4.90. The molecular weight excluding hydrogens is 198 g/mol. The average Bonchev–Trinajstić information content (AvgIpc) is 2.59. The molecule has 0 saturated heterocycles. The normalized spacial score (nSPS) is 10.4. The van der Waals surface area contributed by atoms with Crippen LogP contribution in [0.1, 0.15) is 9.80 Å². The van der Waals surface area contributed by atoms with Crippen LogP contribution in [-0.2, 0) is 0 Å². The molecule has 1 amide bonds. The van der Waals surface area contributed by atoms with E-state index in [2.05, 4.69) is 10.3 Å². The molecule has 0 atom stereocenters. The number of aromatic nitrogens is 1. The number of nitrogens with two attached hydrogens (primary N) is 1. The molecule has 1 aromatic heterocycles. The van der Waals surface area contributed by atoms with E-state index in [1.807, 2.05) is 12.1 Å². The van der Waals surface area contributed by atoms with Gasteiger partial charge < -0.3 is 11.1 Å². The summed E-state index contributed by atoms with van der Waals surface area (Å²) < 4.78 is 0.934. The lowest BCUT2D eigenvalue weighted by atomic mass is 10.3. The smallest absolute Gasteiger partial charge is 0.280 e. The maximum atomic E-state index is 11.3. The lowest BCUT2D eigenvalue weighted by molar-refractivity contribution is 0.0963. The molecule has 3 N–H and O–H groups in total. The maximum Gasteiger partial charge on any atom is 0.280 e. The number of amides is 1. The van der Waals surface area contributed by atoms with Gasteiger partial charge in [-0.15, -0.1) is 11.3 Å². The number of anilines is 1. The Morgan fingerprint density at radius 2 is 2.36 bits per heavy atom. The Balaban J connectivity index is 2.56. The highest BCUT2D eigenvalue weighted by Crippen LogP contribution is 2.23. The van der Waals surface area contributed by atoms with Crippen molar-refractivity contribution in [3.63, 3.8) is 0 Å². The van der Waals surface area contributed by atoms with Crippen LogP contribution in [0, 0.1) is 0 Å². The second-order valence-corrected chi connectivity index (χ2v) is 3.86. The van der Waals surface area contributed by atoms with Crippen LogP contribution in [0.3, 0.4) is 0 Å². The monoisotopic (exact) mass is 207 g/mol. The first-order chi connectivity index (χ1) is 6.70. The van der Waals surface area contributed by atoms with Crippen molar-refractivity contribution in [3.05, 3.63) is 23.2 Å². The van der Waals surface area contributed by atoms with Crippen LogP contribution in [0.4, 0.5) is 5.69 Å². The molecule has 0 aliphatic carbocycles. The van der Waals surface area contributed by atoms with E-state index < -0.39 is 0 Å². The SMILES string of the molecule is CNC(=O)c1nc2ccc(N)cc2s1. The number of nitrogens with one attached hydrogen (secondary N) is 1. The van der Waals surface area contributed by atoms with Gasteiger partial charge in [-0.25, -0.2) is 4.98 Å². The van der Waals surface area contributed by atoms with Crippen LogP contribution in [-0.4, -0.2) is 17.9 Å². The standard InChI is InChI=1S/C9H9N3OS/c1-11-8(13)9-12-6-3-2-5(10)4-7(6)14-9/h2-4H,10H2,1H3,(H,11,13). The Bertz CT molecular complexity index is 492. The summed E-state index contributed by atoms with van der Waals surface area (Å²) >= 11 is 1.34. The van der Waals surface area contributed by atoms with Crippen molar-refractivity contribution >= 4 is 33.1 Å². The van der Waals surface area contributed by atoms with Gasteiger partial charge in [0.2, 0.25) is 0 Å². The highest BCUT2D eigenvalue weighted by atomic mass is 32.1. The van der Waals surface area contributed by atoms with Gasteiger partial charge in [0.1, 0.15) is 0 Å². The molecule has 0 fully saturated rings. The number of hydrogen-bond acceptors (Lipinski definition) is 4. The number of carbonyl (C=O) groups is 1. The zero-order chi connectivity index (χ0) is 10.1. The average molecular weight is 207 g/mol. The summed E-state index contributed by atoms with van der Waals surface area (Å²) in [4.78, 5) is 15.4. The predicted octanol–water partition coefficient (Wildman–Crippen LogP) is 1.24. The van der Waals surface area contributed by atoms with Gasteiger partial charge in [-0.1, -0.05) is 0 Å². The summed E-state index contributed by atoms with van der Waals surface area (Å²) in [5, 5.41) is 3.00. The van der Waals surface area contributed by atoms with Crippen LogP contribution in [0.15, 0.2) is 18.2 Å². The molecule has 0 spiro atoms. The number of nitrogen functional groups attached to an aromatic ring is 1. The quantitative estimate of drug-likeness (QED) is 0.691. The molecule has 0 bridgehead atoms. The van der Waals surface area contributed by atoms with E-state index in [1.165, 1.54) is 11.3 Å². The van der Waals surface area contributed by atoms with E-state index in [0.29, 0.717) is 10.7 Å². The fourth-order valence-corrected chi connectivity index (χ4v) is 2.11. The van der Waals surface area contributed by atoms with E-state index in [4.69, 9.17) is 5.73 Å². The number of fused-ring (bicyclic) bond motifs is 1. The van der Waals surface area contributed by atoms with Crippen molar-refractivity contribution in [1.29, 1.82) is 0 Å². The Morgan fingerprint density at radius 1 is 1.57 bits per heavy atom. The van der Waals surface area contributed by atoms with Crippen molar-refractivity contribution in [2.75, 3.05) is 12.8 Å². The predicted molar refractivity (Wildman–Crippen MR) is 57.4 cm³/mol. The molecule has 0 radical (unpaired) electrons. The minimum absolute atomic E-state index is 0.162. The molecule has 0 aliphatic rings. The molecular formula is C9H9N3OS. The van der Waals surface area contributed by atoms with Crippen molar-refractivity contribution in [3.8, 4) is 0 Å². The second-order valence-electron chi connectivity index (χ2n) is 2.83. The number of carbonyl (C=O) groups excluding carboxylic acids is 1. The maximum absolute atomic E-state index is 11.3. The molecule has 0 saturated carbocycles. The summed E-state index contributed by atoms with van der Waals surface area (Å²) in [6.45, 7) is 0. The Morgan fingerprint density at radius 3 is 3.07 bits per heavy atom. The van der Waals surface area contributed by atoms with E-state index in [0.717, 1.165) is 10.2 Å². The van der Waals surface area contributed by atoms with Crippen molar-refractivity contribution in [2.45, 2.75) is 0 Å². The summed E-state index contributed by atoms with van der Waals surface area (Å²) in [6, 6.07) is 5.41.